The lowest BCUT2D eigenvalue weighted by Gasteiger charge is -2.10. The van der Waals surface area contributed by atoms with E-state index in [0.717, 1.165) is 57.3 Å². The SMILES string of the molecule is C=CC(=O)OCCCCCCOc1ccc2c(c1)CCCC(c1ccccc1)=C2. The average molecular weight is 391 g/mol. The molecule has 0 fully saturated rings. The average Bonchev–Trinajstić information content (AvgIpc) is 2.98. The lowest BCUT2D eigenvalue weighted by molar-refractivity contribution is -0.137. The van der Waals surface area contributed by atoms with Crippen molar-refractivity contribution in [1.29, 1.82) is 0 Å². The molecule has 0 N–H and O–H groups in total. The van der Waals surface area contributed by atoms with E-state index in [1.165, 1.54) is 28.3 Å². The van der Waals surface area contributed by atoms with Crippen molar-refractivity contribution in [3.05, 3.63) is 77.9 Å². The Labute approximate surface area is 174 Å². The predicted octanol–water partition coefficient (Wildman–Crippen LogP) is 6.23. The monoisotopic (exact) mass is 390 g/mol. The highest BCUT2D eigenvalue weighted by Crippen LogP contribution is 2.31. The molecule has 0 amide bonds. The molecule has 0 aromatic heterocycles. The molecule has 0 unspecified atom stereocenters. The van der Waals surface area contributed by atoms with Crippen LogP contribution in [-0.2, 0) is 16.0 Å². The zero-order chi connectivity index (χ0) is 20.3. The van der Waals surface area contributed by atoms with Crippen molar-refractivity contribution in [3.8, 4) is 5.75 Å². The Morgan fingerprint density at radius 3 is 2.55 bits per heavy atom. The van der Waals surface area contributed by atoms with Crippen LogP contribution in [0.4, 0.5) is 0 Å². The van der Waals surface area contributed by atoms with Crippen LogP contribution < -0.4 is 4.74 Å². The van der Waals surface area contributed by atoms with Gasteiger partial charge in [-0.1, -0.05) is 49.1 Å². The fourth-order valence-electron chi connectivity index (χ4n) is 3.62. The third kappa shape index (κ3) is 6.63. The smallest absolute Gasteiger partial charge is 0.330 e. The topological polar surface area (TPSA) is 35.5 Å². The van der Waals surface area contributed by atoms with Crippen molar-refractivity contribution in [2.24, 2.45) is 0 Å². The number of esters is 1. The summed E-state index contributed by atoms with van der Waals surface area (Å²) in [6.45, 7) is 4.57. The number of hydrogen-bond acceptors (Lipinski definition) is 3. The van der Waals surface area contributed by atoms with E-state index in [9.17, 15) is 4.79 Å². The van der Waals surface area contributed by atoms with Crippen LogP contribution in [0.2, 0.25) is 0 Å². The van der Waals surface area contributed by atoms with Crippen molar-refractivity contribution in [2.45, 2.75) is 44.9 Å². The number of aryl methyl sites for hydroxylation is 1. The summed E-state index contributed by atoms with van der Waals surface area (Å²) in [6.07, 6.45) is 10.9. The van der Waals surface area contributed by atoms with Gasteiger partial charge in [-0.3, -0.25) is 0 Å². The summed E-state index contributed by atoms with van der Waals surface area (Å²) in [7, 11) is 0. The molecule has 3 heteroatoms. The number of allylic oxidation sites excluding steroid dienone is 1. The van der Waals surface area contributed by atoms with Crippen molar-refractivity contribution >= 4 is 17.6 Å². The molecular formula is C26H30O3. The highest BCUT2D eigenvalue weighted by atomic mass is 16.5. The van der Waals surface area contributed by atoms with Gasteiger partial charge in [-0.05, 0) is 79.3 Å². The third-order valence-electron chi connectivity index (χ3n) is 5.20. The van der Waals surface area contributed by atoms with Gasteiger partial charge in [-0.25, -0.2) is 4.79 Å². The number of rotatable bonds is 10. The Morgan fingerprint density at radius 2 is 1.76 bits per heavy atom. The minimum Gasteiger partial charge on any atom is -0.494 e. The Hall–Kier alpha value is -2.81. The van der Waals surface area contributed by atoms with Crippen LogP contribution in [0, 0.1) is 0 Å². The van der Waals surface area contributed by atoms with Gasteiger partial charge in [0.05, 0.1) is 13.2 Å². The van der Waals surface area contributed by atoms with E-state index in [1.807, 2.05) is 0 Å². The van der Waals surface area contributed by atoms with Gasteiger partial charge in [0.1, 0.15) is 5.75 Å². The zero-order valence-electron chi connectivity index (χ0n) is 17.1. The highest BCUT2D eigenvalue weighted by Gasteiger charge is 2.11. The Bertz CT molecular complexity index is 836. The Morgan fingerprint density at radius 1 is 0.966 bits per heavy atom. The summed E-state index contributed by atoms with van der Waals surface area (Å²) in [6, 6.07) is 17.1. The van der Waals surface area contributed by atoms with Gasteiger partial charge >= 0.3 is 5.97 Å². The van der Waals surface area contributed by atoms with E-state index in [1.54, 1.807) is 0 Å². The minimum absolute atomic E-state index is 0.345. The van der Waals surface area contributed by atoms with Gasteiger partial charge < -0.3 is 9.47 Å². The summed E-state index contributed by atoms with van der Waals surface area (Å²) >= 11 is 0. The van der Waals surface area contributed by atoms with Gasteiger partial charge in [0.25, 0.3) is 0 Å². The van der Waals surface area contributed by atoms with Gasteiger partial charge in [-0.15, -0.1) is 0 Å². The molecule has 29 heavy (non-hydrogen) atoms. The number of carbonyl (C=O) groups is 1. The second-order valence-corrected chi connectivity index (χ2v) is 7.38. The molecule has 3 nitrogen and oxygen atoms in total. The lowest BCUT2D eigenvalue weighted by Crippen LogP contribution is -2.02. The summed E-state index contributed by atoms with van der Waals surface area (Å²) in [5.74, 6) is 0.613. The Balaban J connectivity index is 1.45. The summed E-state index contributed by atoms with van der Waals surface area (Å²) in [5.41, 5.74) is 5.41. The molecule has 0 radical (unpaired) electrons. The van der Waals surface area contributed by atoms with Gasteiger partial charge in [0.15, 0.2) is 0 Å². The molecule has 0 heterocycles. The lowest BCUT2D eigenvalue weighted by atomic mass is 10.0. The minimum atomic E-state index is -0.345. The largest absolute Gasteiger partial charge is 0.494 e. The molecular weight excluding hydrogens is 360 g/mol. The quantitative estimate of drug-likeness (QED) is 0.274. The first kappa shape index (κ1) is 20.9. The van der Waals surface area contributed by atoms with Gasteiger partial charge in [-0.2, -0.15) is 0 Å². The Kier molecular flexibility index (Phi) is 8.12. The predicted molar refractivity (Wildman–Crippen MR) is 119 cm³/mol. The van der Waals surface area contributed by atoms with Crippen LogP contribution >= 0.6 is 0 Å². The van der Waals surface area contributed by atoms with E-state index in [2.05, 4.69) is 61.2 Å². The van der Waals surface area contributed by atoms with Gasteiger partial charge in [0, 0.05) is 6.08 Å². The van der Waals surface area contributed by atoms with Crippen molar-refractivity contribution < 1.29 is 14.3 Å². The molecule has 1 aliphatic rings. The standard InChI is InChI=1S/C26H30O3/c1-2-26(27)29-18-9-4-3-8-17-28-25-16-15-24-19-22(13-10-14-23(24)20-25)21-11-6-5-7-12-21/h2,5-7,11-12,15-16,19-20H,1,3-4,8-10,13-14,17-18H2. The number of unbranched alkanes of at least 4 members (excludes halogenated alkanes) is 3. The number of carbonyl (C=O) groups excluding carboxylic acids is 1. The maximum absolute atomic E-state index is 11.0. The number of ether oxygens (including phenoxy) is 2. The van der Waals surface area contributed by atoms with Crippen LogP contribution in [0.25, 0.3) is 11.6 Å². The molecule has 0 aliphatic heterocycles. The van der Waals surface area contributed by atoms with Crippen LogP contribution in [0.3, 0.4) is 0 Å². The number of benzene rings is 2. The van der Waals surface area contributed by atoms with Crippen LogP contribution in [0.15, 0.2) is 61.2 Å². The van der Waals surface area contributed by atoms with Gasteiger partial charge in [0.2, 0.25) is 0 Å². The van der Waals surface area contributed by atoms with Crippen LogP contribution in [-0.4, -0.2) is 19.2 Å². The van der Waals surface area contributed by atoms with E-state index in [0.29, 0.717) is 6.61 Å². The second-order valence-electron chi connectivity index (χ2n) is 7.38. The molecule has 0 spiro atoms. The first-order chi connectivity index (χ1) is 14.3. The number of hydrogen-bond donors (Lipinski definition) is 0. The van der Waals surface area contributed by atoms with Crippen molar-refractivity contribution in [1.82, 2.24) is 0 Å². The summed E-state index contributed by atoms with van der Waals surface area (Å²) < 4.78 is 10.9. The third-order valence-corrected chi connectivity index (χ3v) is 5.20. The molecule has 0 atom stereocenters. The fraction of sp³-hybridized carbons (Fsp3) is 0.346. The van der Waals surface area contributed by atoms with E-state index < -0.39 is 0 Å². The molecule has 3 rings (SSSR count). The molecule has 0 saturated heterocycles. The van der Waals surface area contributed by atoms with E-state index >= 15 is 0 Å². The highest BCUT2D eigenvalue weighted by molar-refractivity contribution is 5.83. The van der Waals surface area contributed by atoms with E-state index in [-0.39, 0.29) is 5.97 Å². The first-order valence-electron chi connectivity index (χ1n) is 10.6. The first-order valence-corrected chi connectivity index (χ1v) is 10.6. The van der Waals surface area contributed by atoms with Crippen molar-refractivity contribution in [3.63, 3.8) is 0 Å². The second kappa shape index (κ2) is 11.3. The molecule has 2 aromatic carbocycles. The van der Waals surface area contributed by atoms with E-state index in [4.69, 9.17) is 9.47 Å². The fourth-order valence-corrected chi connectivity index (χ4v) is 3.62. The maximum Gasteiger partial charge on any atom is 0.330 e. The molecule has 2 aromatic rings. The molecule has 152 valence electrons. The maximum atomic E-state index is 11.0. The zero-order valence-corrected chi connectivity index (χ0v) is 17.1. The normalized spacial score (nSPS) is 13.0. The number of fused-ring (bicyclic) bond motifs is 1. The molecule has 0 saturated carbocycles. The van der Waals surface area contributed by atoms with Crippen LogP contribution in [0.5, 0.6) is 5.75 Å². The van der Waals surface area contributed by atoms with Crippen molar-refractivity contribution in [2.75, 3.05) is 13.2 Å². The summed E-state index contributed by atoms with van der Waals surface area (Å²) in [4.78, 5) is 11.0. The van der Waals surface area contributed by atoms with Crippen LogP contribution in [0.1, 0.15) is 55.2 Å². The summed E-state index contributed by atoms with van der Waals surface area (Å²) in [5, 5.41) is 0. The molecule has 1 aliphatic carbocycles. The molecule has 0 bridgehead atoms.